The second-order valence-corrected chi connectivity index (χ2v) is 7.06. The van der Waals surface area contributed by atoms with Gasteiger partial charge in [0.15, 0.2) is 10.9 Å². The van der Waals surface area contributed by atoms with E-state index in [9.17, 15) is 9.18 Å². The van der Waals surface area contributed by atoms with Crippen molar-refractivity contribution in [3.05, 3.63) is 28.5 Å². The predicted octanol–water partition coefficient (Wildman–Crippen LogP) is 3.57. The minimum absolute atomic E-state index is 0.194. The number of carbonyl (C=O) groups excluding carboxylic acids is 1. The van der Waals surface area contributed by atoms with Crippen molar-refractivity contribution in [3.63, 3.8) is 0 Å². The number of nitrogens with zero attached hydrogens (tertiary/aromatic N) is 2. The van der Waals surface area contributed by atoms with Crippen LogP contribution in [0.15, 0.2) is 27.0 Å². The summed E-state index contributed by atoms with van der Waals surface area (Å²) < 4.78 is 19.5. The molecule has 0 unspecified atom stereocenters. The van der Waals surface area contributed by atoms with Crippen molar-refractivity contribution in [1.82, 2.24) is 10.2 Å². The number of nitrogens with one attached hydrogen (secondary N) is 1. The van der Waals surface area contributed by atoms with E-state index in [4.69, 9.17) is 4.74 Å². The molecule has 1 heterocycles. The largest absolute Gasteiger partial charge is 0.483 e. The van der Waals surface area contributed by atoms with Crippen LogP contribution in [0.1, 0.15) is 6.92 Å². The summed E-state index contributed by atoms with van der Waals surface area (Å²) in [6, 6.07) is 3.98. The summed E-state index contributed by atoms with van der Waals surface area (Å²) in [6.45, 7) is 1.82. The van der Waals surface area contributed by atoms with E-state index in [0.29, 0.717) is 15.4 Å². The molecule has 2 rings (SSSR count). The fraction of sp³-hybridized carbons (Fsp3) is 0.250. The van der Waals surface area contributed by atoms with Gasteiger partial charge in [0.05, 0.1) is 4.47 Å². The zero-order chi connectivity index (χ0) is 15.2. The molecule has 2 aromatic rings. The van der Waals surface area contributed by atoms with Gasteiger partial charge in [0, 0.05) is 0 Å². The molecule has 0 fully saturated rings. The van der Waals surface area contributed by atoms with Gasteiger partial charge in [-0.1, -0.05) is 30.0 Å². The summed E-state index contributed by atoms with van der Waals surface area (Å²) >= 11 is 6.03. The summed E-state index contributed by atoms with van der Waals surface area (Å²) in [6.07, 6.45) is 0. The van der Waals surface area contributed by atoms with Gasteiger partial charge < -0.3 is 4.74 Å². The monoisotopic (exact) mass is 391 g/mol. The average molecular weight is 392 g/mol. The van der Waals surface area contributed by atoms with E-state index in [-0.39, 0.29) is 18.3 Å². The Morgan fingerprint density at radius 3 is 3.05 bits per heavy atom. The molecule has 0 aliphatic rings. The van der Waals surface area contributed by atoms with Crippen molar-refractivity contribution in [2.24, 2.45) is 0 Å². The first-order chi connectivity index (χ1) is 10.1. The lowest BCUT2D eigenvalue weighted by atomic mass is 10.3. The van der Waals surface area contributed by atoms with E-state index in [1.807, 2.05) is 6.92 Å². The Bertz CT molecular complexity index is 639. The number of rotatable bonds is 6. The standard InChI is InChI=1S/C12H11BrFN3O2S2/c1-2-20-12-17-16-11(21-12)15-10(18)6-19-9-4-3-7(14)5-8(9)13/h3-5H,2,6H2,1H3,(H,15,16,18). The zero-order valence-corrected chi connectivity index (χ0v) is 14.1. The van der Waals surface area contributed by atoms with Gasteiger partial charge in [-0.25, -0.2) is 4.39 Å². The van der Waals surface area contributed by atoms with Crippen molar-refractivity contribution in [1.29, 1.82) is 0 Å². The van der Waals surface area contributed by atoms with Crippen molar-refractivity contribution >= 4 is 50.1 Å². The second-order valence-electron chi connectivity index (χ2n) is 3.72. The first-order valence-electron chi connectivity index (χ1n) is 5.92. The summed E-state index contributed by atoms with van der Waals surface area (Å²) in [7, 11) is 0. The molecule has 9 heteroatoms. The molecule has 0 bridgehead atoms. The molecule has 112 valence electrons. The summed E-state index contributed by atoms with van der Waals surface area (Å²) in [4.78, 5) is 11.7. The van der Waals surface area contributed by atoms with E-state index in [0.717, 1.165) is 10.1 Å². The molecule has 21 heavy (non-hydrogen) atoms. The number of ether oxygens (including phenoxy) is 1. The molecular formula is C12H11BrFN3O2S2. The Morgan fingerprint density at radius 2 is 2.33 bits per heavy atom. The van der Waals surface area contributed by atoms with Crippen molar-refractivity contribution in [2.75, 3.05) is 17.7 Å². The minimum Gasteiger partial charge on any atom is -0.483 e. The molecule has 5 nitrogen and oxygen atoms in total. The SMILES string of the molecule is CCSc1nnc(NC(=O)COc2ccc(F)cc2Br)s1. The van der Waals surface area contributed by atoms with Crippen LogP contribution in [0.25, 0.3) is 0 Å². The minimum atomic E-state index is -0.381. The van der Waals surface area contributed by atoms with Crippen LogP contribution in [-0.4, -0.2) is 28.5 Å². The van der Waals surface area contributed by atoms with Crippen LogP contribution in [0.2, 0.25) is 0 Å². The molecular weight excluding hydrogens is 381 g/mol. The van der Waals surface area contributed by atoms with Gasteiger partial charge >= 0.3 is 0 Å². The summed E-state index contributed by atoms with van der Waals surface area (Å²) in [5.74, 6) is 0.555. The molecule has 1 aromatic heterocycles. The highest BCUT2D eigenvalue weighted by atomic mass is 79.9. The second kappa shape index (κ2) is 7.71. The lowest BCUT2D eigenvalue weighted by Gasteiger charge is -2.07. The van der Waals surface area contributed by atoms with Gasteiger partial charge in [-0.05, 0) is 39.9 Å². The molecule has 0 saturated heterocycles. The van der Waals surface area contributed by atoms with Crippen molar-refractivity contribution < 1.29 is 13.9 Å². The van der Waals surface area contributed by atoms with Crippen molar-refractivity contribution in [2.45, 2.75) is 11.3 Å². The summed E-state index contributed by atoms with van der Waals surface area (Å²) in [5.41, 5.74) is 0. The van der Waals surface area contributed by atoms with E-state index >= 15 is 0 Å². The van der Waals surface area contributed by atoms with Crippen molar-refractivity contribution in [3.8, 4) is 5.75 Å². The van der Waals surface area contributed by atoms with Crippen LogP contribution < -0.4 is 10.1 Å². The number of halogens is 2. The number of aromatic nitrogens is 2. The zero-order valence-electron chi connectivity index (χ0n) is 10.9. The molecule has 0 aliphatic carbocycles. The predicted molar refractivity (Wildman–Crippen MR) is 84.5 cm³/mol. The fourth-order valence-corrected chi connectivity index (χ4v) is 3.46. The number of hydrogen-bond donors (Lipinski definition) is 1. The maximum atomic E-state index is 12.9. The molecule has 0 aliphatic heterocycles. The van der Waals surface area contributed by atoms with E-state index < -0.39 is 0 Å². The number of amides is 1. The Labute approximate surface area is 137 Å². The summed E-state index contributed by atoms with van der Waals surface area (Å²) in [5, 5.41) is 10.8. The third-order valence-corrected chi connectivity index (χ3v) is 4.65. The van der Waals surface area contributed by atoms with Gasteiger partial charge in [-0.2, -0.15) is 0 Å². The number of benzene rings is 1. The third-order valence-electron chi connectivity index (χ3n) is 2.17. The highest BCUT2D eigenvalue weighted by molar-refractivity contribution is 9.10. The third kappa shape index (κ3) is 4.94. The van der Waals surface area contributed by atoms with E-state index in [1.165, 1.54) is 29.5 Å². The molecule has 1 N–H and O–H groups in total. The molecule has 0 atom stereocenters. The van der Waals surface area contributed by atoms with Gasteiger partial charge in [-0.3, -0.25) is 10.1 Å². The number of hydrogen-bond acceptors (Lipinski definition) is 6. The lowest BCUT2D eigenvalue weighted by Crippen LogP contribution is -2.20. The molecule has 1 aromatic carbocycles. The Kier molecular flexibility index (Phi) is 5.95. The normalized spacial score (nSPS) is 10.4. The smallest absolute Gasteiger partial charge is 0.264 e. The number of anilines is 1. The highest BCUT2D eigenvalue weighted by Gasteiger charge is 2.10. The quantitative estimate of drug-likeness (QED) is 0.602. The average Bonchev–Trinajstić information content (AvgIpc) is 2.85. The Morgan fingerprint density at radius 1 is 1.52 bits per heavy atom. The molecule has 0 spiro atoms. The first kappa shape index (κ1) is 16.2. The van der Waals surface area contributed by atoms with E-state index in [1.54, 1.807) is 11.8 Å². The number of carbonyl (C=O) groups is 1. The van der Waals surface area contributed by atoms with Gasteiger partial charge in [0.25, 0.3) is 5.91 Å². The van der Waals surface area contributed by atoms with Gasteiger partial charge in [-0.15, -0.1) is 10.2 Å². The number of thioether (sulfide) groups is 1. The molecule has 1 amide bonds. The highest BCUT2D eigenvalue weighted by Crippen LogP contribution is 2.26. The maximum Gasteiger partial charge on any atom is 0.264 e. The maximum absolute atomic E-state index is 12.9. The van der Waals surface area contributed by atoms with Gasteiger partial charge in [0.1, 0.15) is 11.6 Å². The molecule has 0 radical (unpaired) electrons. The van der Waals surface area contributed by atoms with Crippen LogP contribution in [0.4, 0.5) is 9.52 Å². The van der Waals surface area contributed by atoms with Gasteiger partial charge in [0.2, 0.25) is 5.13 Å². The first-order valence-corrected chi connectivity index (χ1v) is 8.52. The van der Waals surface area contributed by atoms with E-state index in [2.05, 4.69) is 31.4 Å². The lowest BCUT2D eigenvalue weighted by molar-refractivity contribution is -0.118. The fourth-order valence-electron chi connectivity index (χ4n) is 1.33. The Hall–Kier alpha value is -1.19. The van der Waals surface area contributed by atoms with Crippen LogP contribution in [-0.2, 0) is 4.79 Å². The van der Waals surface area contributed by atoms with Crippen LogP contribution >= 0.6 is 39.0 Å². The van der Waals surface area contributed by atoms with Crippen LogP contribution in [0.3, 0.4) is 0 Å². The Balaban J connectivity index is 1.86. The molecule has 0 saturated carbocycles. The topological polar surface area (TPSA) is 64.1 Å². The van der Waals surface area contributed by atoms with Crippen LogP contribution in [0, 0.1) is 5.82 Å². The van der Waals surface area contributed by atoms with Crippen LogP contribution in [0.5, 0.6) is 5.75 Å².